The summed E-state index contributed by atoms with van der Waals surface area (Å²) in [6.07, 6.45) is 7.28. The van der Waals surface area contributed by atoms with Gasteiger partial charge in [0.1, 0.15) is 5.82 Å². The molecular formula is C16H25N3. The second-order valence-corrected chi connectivity index (χ2v) is 6.08. The summed E-state index contributed by atoms with van der Waals surface area (Å²) >= 11 is 0. The fourth-order valence-corrected chi connectivity index (χ4v) is 3.64. The number of anilines is 1. The van der Waals surface area contributed by atoms with Gasteiger partial charge in [0.2, 0.25) is 0 Å². The smallest absolute Gasteiger partial charge is 0.133 e. The van der Waals surface area contributed by atoms with Crippen molar-refractivity contribution in [1.29, 1.82) is 0 Å². The number of rotatable bonds is 5. The van der Waals surface area contributed by atoms with E-state index in [0.29, 0.717) is 6.04 Å². The summed E-state index contributed by atoms with van der Waals surface area (Å²) in [5.41, 5.74) is 1.36. The van der Waals surface area contributed by atoms with E-state index in [4.69, 9.17) is 4.98 Å². The Kier molecular flexibility index (Phi) is 3.74. The molecule has 1 aromatic heterocycles. The molecule has 3 heteroatoms. The summed E-state index contributed by atoms with van der Waals surface area (Å²) in [7, 11) is 0. The minimum atomic E-state index is 0.391. The van der Waals surface area contributed by atoms with Crippen molar-refractivity contribution < 1.29 is 0 Å². The lowest BCUT2D eigenvalue weighted by Gasteiger charge is -2.31. The number of hydrogen-bond donors (Lipinski definition) is 1. The Balaban J connectivity index is 1.81. The maximum Gasteiger partial charge on any atom is 0.133 e. The number of piperidine rings is 1. The molecule has 1 aromatic rings. The predicted octanol–water partition coefficient (Wildman–Crippen LogP) is 3.13. The SMILES string of the molecule is CCCNC(C)c1cccnc1N1CC2CCC1C2. The molecule has 0 amide bonds. The van der Waals surface area contributed by atoms with Crippen molar-refractivity contribution in [3.63, 3.8) is 0 Å². The third-order valence-corrected chi connectivity index (χ3v) is 4.67. The minimum Gasteiger partial charge on any atom is -0.353 e. The normalized spacial score (nSPS) is 26.9. The average molecular weight is 259 g/mol. The highest BCUT2D eigenvalue weighted by Gasteiger charge is 2.39. The molecule has 3 nitrogen and oxygen atoms in total. The zero-order valence-electron chi connectivity index (χ0n) is 12.1. The van der Waals surface area contributed by atoms with E-state index in [9.17, 15) is 0 Å². The fourth-order valence-electron chi connectivity index (χ4n) is 3.64. The highest BCUT2D eigenvalue weighted by molar-refractivity contribution is 5.51. The van der Waals surface area contributed by atoms with Crippen molar-refractivity contribution in [3.05, 3.63) is 23.9 Å². The van der Waals surface area contributed by atoms with Crippen molar-refractivity contribution in [2.24, 2.45) is 5.92 Å². The van der Waals surface area contributed by atoms with Gasteiger partial charge in [0.15, 0.2) is 0 Å². The van der Waals surface area contributed by atoms with Gasteiger partial charge in [-0.05, 0) is 51.1 Å². The van der Waals surface area contributed by atoms with Gasteiger partial charge in [0.05, 0.1) is 0 Å². The molecule has 1 saturated heterocycles. The largest absolute Gasteiger partial charge is 0.353 e. The summed E-state index contributed by atoms with van der Waals surface area (Å²) < 4.78 is 0. The molecule has 2 bridgehead atoms. The van der Waals surface area contributed by atoms with E-state index in [1.54, 1.807) is 0 Å². The van der Waals surface area contributed by atoms with Crippen molar-refractivity contribution in [3.8, 4) is 0 Å². The lowest BCUT2D eigenvalue weighted by Crippen LogP contribution is -2.34. The van der Waals surface area contributed by atoms with E-state index in [1.165, 1.54) is 43.6 Å². The van der Waals surface area contributed by atoms with Crippen LogP contribution in [0.15, 0.2) is 18.3 Å². The third kappa shape index (κ3) is 2.48. The highest BCUT2D eigenvalue weighted by Crippen LogP contribution is 2.41. The first-order valence-corrected chi connectivity index (χ1v) is 7.74. The quantitative estimate of drug-likeness (QED) is 0.880. The first-order chi connectivity index (χ1) is 9.29. The summed E-state index contributed by atoms with van der Waals surface area (Å²) in [6, 6.07) is 5.44. The second-order valence-electron chi connectivity index (χ2n) is 6.08. The van der Waals surface area contributed by atoms with Gasteiger partial charge in [-0.1, -0.05) is 13.0 Å². The molecule has 1 aliphatic heterocycles. The summed E-state index contributed by atoms with van der Waals surface area (Å²) in [5, 5.41) is 3.59. The molecule has 104 valence electrons. The number of hydrogen-bond acceptors (Lipinski definition) is 3. The van der Waals surface area contributed by atoms with Crippen molar-refractivity contribution >= 4 is 5.82 Å². The molecule has 0 aromatic carbocycles. The average Bonchev–Trinajstić information content (AvgIpc) is 3.07. The number of pyridine rings is 1. The third-order valence-electron chi connectivity index (χ3n) is 4.67. The van der Waals surface area contributed by atoms with Crippen LogP contribution in [0.5, 0.6) is 0 Å². The van der Waals surface area contributed by atoms with Crippen LogP contribution < -0.4 is 10.2 Å². The van der Waals surface area contributed by atoms with E-state index in [0.717, 1.165) is 18.5 Å². The van der Waals surface area contributed by atoms with Crippen molar-refractivity contribution in [2.45, 2.75) is 51.6 Å². The van der Waals surface area contributed by atoms with Gasteiger partial charge in [-0.3, -0.25) is 0 Å². The zero-order valence-corrected chi connectivity index (χ0v) is 12.1. The van der Waals surface area contributed by atoms with E-state index in [1.807, 2.05) is 6.20 Å². The lowest BCUT2D eigenvalue weighted by molar-refractivity contribution is 0.537. The molecule has 19 heavy (non-hydrogen) atoms. The molecule has 3 atom stereocenters. The molecule has 1 N–H and O–H groups in total. The van der Waals surface area contributed by atoms with E-state index in [2.05, 4.69) is 36.2 Å². The van der Waals surface area contributed by atoms with Crippen LogP contribution >= 0.6 is 0 Å². The summed E-state index contributed by atoms with van der Waals surface area (Å²) in [6.45, 7) is 6.75. The van der Waals surface area contributed by atoms with Crippen LogP contribution in [-0.2, 0) is 0 Å². The molecule has 3 unspecified atom stereocenters. The van der Waals surface area contributed by atoms with Crippen LogP contribution in [-0.4, -0.2) is 24.1 Å². The molecule has 1 aliphatic carbocycles. The topological polar surface area (TPSA) is 28.2 Å². The number of nitrogens with zero attached hydrogens (tertiary/aromatic N) is 2. The molecule has 1 saturated carbocycles. The minimum absolute atomic E-state index is 0.391. The van der Waals surface area contributed by atoms with Crippen molar-refractivity contribution in [2.75, 3.05) is 18.0 Å². The molecule has 2 fully saturated rings. The van der Waals surface area contributed by atoms with Gasteiger partial charge in [0.25, 0.3) is 0 Å². The summed E-state index contributed by atoms with van der Waals surface area (Å²) in [4.78, 5) is 7.26. The molecule has 0 radical (unpaired) electrons. The van der Waals surface area contributed by atoms with E-state index < -0.39 is 0 Å². The Bertz CT molecular complexity index is 432. The summed E-state index contributed by atoms with van der Waals surface area (Å²) in [5.74, 6) is 2.14. The first-order valence-electron chi connectivity index (χ1n) is 7.74. The Morgan fingerprint density at radius 2 is 2.37 bits per heavy atom. The standard InChI is InChI=1S/C16H25N3/c1-3-8-17-12(2)15-5-4-9-18-16(15)19-11-13-6-7-14(19)10-13/h4-5,9,12-14,17H,3,6-8,10-11H2,1-2H3. The first kappa shape index (κ1) is 12.9. The van der Waals surface area contributed by atoms with Crippen LogP contribution in [0.2, 0.25) is 0 Å². The van der Waals surface area contributed by atoms with Gasteiger partial charge in [-0.2, -0.15) is 0 Å². The van der Waals surface area contributed by atoms with Crippen molar-refractivity contribution in [1.82, 2.24) is 10.3 Å². The second kappa shape index (κ2) is 5.49. The highest BCUT2D eigenvalue weighted by atomic mass is 15.2. The fraction of sp³-hybridized carbons (Fsp3) is 0.688. The van der Waals surface area contributed by atoms with Gasteiger partial charge < -0.3 is 10.2 Å². The van der Waals surface area contributed by atoms with E-state index in [-0.39, 0.29) is 0 Å². The Labute approximate surface area is 116 Å². The lowest BCUT2D eigenvalue weighted by atomic mass is 10.1. The van der Waals surface area contributed by atoms with Crippen LogP contribution in [0, 0.1) is 5.92 Å². The van der Waals surface area contributed by atoms with Crippen LogP contribution in [0.4, 0.5) is 5.82 Å². The molecule has 2 heterocycles. The maximum absolute atomic E-state index is 4.69. The molecule has 3 rings (SSSR count). The van der Waals surface area contributed by atoms with Gasteiger partial charge >= 0.3 is 0 Å². The van der Waals surface area contributed by atoms with Crippen LogP contribution in [0.1, 0.15) is 51.1 Å². The predicted molar refractivity (Wildman–Crippen MR) is 79.4 cm³/mol. The van der Waals surface area contributed by atoms with Crippen LogP contribution in [0.3, 0.4) is 0 Å². The van der Waals surface area contributed by atoms with Gasteiger partial charge in [-0.15, -0.1) is 0 Å². The Morgan fingerprint density at radius 3 is 3.05 bits per heavy atom. The Morgan fingerprint density at radius 1 is 1.47 bits per heavy atom. The number of fused-ring (bicyclic) bond motifs is 2. The molecule has 2 aliphatic rings. The monoisotopic (exact) mass is 259 g/mol. The molecule has 0 spiro atoms. The van der Waals surface area contributed by atoms with Gasteiger partial charge in [0, 0.05) is 30.4 Å². The van der Waals surface area contributed by atoms with E-state index >= 15 is 0 Å². The zero-order chi connectivity index (χ0) is 13.2. The maximum atomic E-state index is 4.69. The van der Waals surface area contributed by atoms with Crippen LogP contribution in [0.25, 0.3) is 0 Å². The molecular weight excluding hydrogens is 234 g/mol. The number of nitrogens with one attached hydrogen (secondary N) is 1. The Hall–Kier alpha value is -1.09. The number of aromatic nitrogens is 1. The van der Waals surface area contributed by atoms with Gasteiger partial charge in [-0.25, -0.2) is 4.98 Å².